The number of aliphatic carboxylic acids is 1. The van der Waals surface area contributed by atoms with E-state index >= 15 is 0 Å². The number of benzene rings is 1. The summed E-state index contributed by atoms with van der Waals surface area (Å²) in [5.74, 6) is -2.96. The van der Waals surface area contributed by atoms with Crippen molar-refractivity contribution in [3.8, 4) is 0 Å². The third kappa shape index (κ3) is 5.50. The summed E-state index contributed by atoms with van der Waals surface area (Å²) in [6, 6.07) is 3.26. The Bertz CT molecular complexity index is 612. The molecule has 0 aliphatic rings. The molecular weight excluding hydrogens is 301 g/mol. The van der Waals surface area contributed by atoms with E-state index in [0.717, 1.165) is 12.1 Å². The number of sulfone groups is 1. The van der Waals surface area contributed by atoms with E-state index in [-0.39, 0.29) is 23.5 Å². The topological polar surface area (TPSA) is 101 Å². The third-order valence-electron chi connectivity index (χ3n) is 2.87. The minimum atomic E-state index is -3.32. The van der Waals surface area contributed by atoms with Crippen molar-refractivity contribution in [3.05, 3.63) is 35.6 Å². The lowest BCUT2D eigenvalue weighted by Crippen LogP contribution is -2.42. The first-order chi connectivity index (χ1) is 9.75. The number of halogens is 1. The van der Waals surface area contributed by atoms with E-state index in [4.69, 9.17) is 5.11 Å². The van der Waals surface area contributed by atoms with Crippen molar-refractivity contribution < 1.29 is 27.5 Å². The SMILES string of the molecule is CCS(=O)(=O)CCC(NC(=O)c1ccc(F)cc1)C(=O)O. The highest BCUT2D eigenvalue weighted by Gasteiger charge is 2.23. The first-order valence-corrected chi connectivity index (χ1v) is 8.07. The number of carboxylic acid groups (broad SMARTS) is 1. The smallest absolute Gasteiger partial charge is 0.326 e. The van der Waals surface area contributed by atoms with Crippen LogP contribution in [0.5, 0.6) is 0 Å². The van der Waals surface area contributed by atoms with Gasteiger partial charge in [-0.25, -0.2) is 17.6 Å². The summed E-state index contributed by atoms with van der Waals surface area (Å²) in [4.78, 5) is 22.9. The highest BCUT2D eigenvalue weighted by Crippen LogP contribution is 2.05. The van der Waals surface area contributed by atoms with Crippen LogP contribution in [0.1, 0.15) is 23.7 Å². The van der Waals surface area contributed by atoms with Gasteiger partial charge in [0.1, 0.15) is 21.7 Å². The van der Waals surface area contributed by atoms with Crippen LogP contribution in [-0.2, 0) is 14.6 Å². The Hall–Kier alpha value is -1.96. The number of carboxylic acids is 1. The van der Waals surface area contributed by atoms with Crippen molar-refractivity contribution in [2.75, 3.05) is 11.5 Å². The largest absolute Gasteiger partial charge is 0.480 e. The van der Waals surface area contributed by atoms with E-state index in [9.17, 15) is 22.4 Å². The maximum absolute atomic E-state index is 12.7. The quantitative estimate of drug-likeness (QED) is 0.776. The molecule has 1 aromatic rings. The molecule has 0 fully saturated rings. The molecule has 1 amide bonds. The van der Waals surface area contributed by atoms with Gasteiger partial charge in [0, 0.05) is 11.3 Å². The first-order valence-electron chi connectivity index (χ1n) is 6.25. The van der Waals surface area contributed by atoms with Crippen LogP contribution in [0.15, 0.2) is 24.3 Å². The molecular formula is C13H16FNO5S. The number of hydrogen-bond acceptors (Lipinski definition) is 4. The first kappa shape index (κ1) is 17.1. The maximum Gasteiger partial charge on any atom is 0.326 e. The molecule has 1 rings (SSSR count). The Morgan fingerprint density at radius 3 is 2.33 bits per heavy atom. The van der Waals surface area contributed by atoms with Crippen molar-refractivity contribution in [2.45, 2.75) is 19.4 Å². The number of hydrogen-bond donors (Lipinski definition) is 2. The minimum Gasteiger partial charge on any atom is -0.480 e. The second-order valence-corrected chi connectivity index (χ2v) is 6.87. The third-order valence-corrected chi connectivity index (χ3v) is 4.60. The van der Waals surface area contributed by atoms with Crippen LogP contribution in [0.4, 0.5) is 4.39 Å². The molecule has 0 bridgehead atoms. The lowest BCUT2D eigenvalue weighted by molar-refractivity contribution is -0.139. The molecule has 1 atom stereocenters. The molecule has 0 radical (unpaired) electrons. The van der Waals surface area contributed by atoms with E-state index in [2.05, 4.69) is 5.32 Å². The van der Waals surface area contributed by atoms with Crippen LogP contribution in [0.3, 0.4) is 0 Å². The molecule has 21 heavy (non-hydrogen) atoms. The summed E-state index contributed by atoms with van der Waals surface area (Å²) in [6.45, 7) is 1.46. The van der Waals surface area contributed by atoms with Gasteiger partial charge in [-0.3, -0.25) is 4.79 Å². The molecule has 0 heterocycles. The Morgan fingerprint density at radius 2 is 1.86 bits per heavy atom. The number of nitrogens with one attached hydrogen (secondary N) is 1. The Kier molecular flexibility index (Phi) is 5.83. The lowest BCUT2D eigenvalue weighted by atomic mass is 10.1. The Labute approximate surface area is 121 Å². The maximum atomic E-state index is 12.7. The number of carbonyl (C=O) groups excluding carboxylic acids is 1. The average molecular weight is 317 g/mol. The predicted octanol–water partition coefficient (Wildman–Crippen LogP) is 0.833. The van der Waals surface area contributed by atoms with Gasteiger partial charge in [0.25, 0.3) is 5.91 Å². The average Bonchev–Trinajstić information content (AvgIpc) is 2.43. The molecule has 8 heteroatoms. The summed E-state index contributed by atoms with van der Waals surface area (Å²) in [7, 11) is -3.32. The molecule has 0 aromatic heterocycles. The zero-order valence-corrected chi connectivity index (χ0v) is 12.2. The van der Waals surface area contributed by atoms with Crippen LogP contribution in [-0.4, -0.2) is 42.9 Å². The minimum absolute atomic E-state index is 0.0920. The van der Waals surface area contributed by atoms with E-state index in [0.29, 0.717) is 0 Å². The predicted molar refractivity (Wildman–Crippen MR) is 74.2 cm³/mol. The van der Waals surface area contributed by atoms with Gasteiger partial charge in [0.05, 0.1) is 5.75 Å². The molecule has 0 saturated heterocycles. The molecule has 2 N–H and O–H groups in total. The molecule has 0 aliphatic carbocycles. The second kappa shape index (κ2) is 7.16. The van der Waals surface area contributed by atoms with E-state index in [1.165, 1.54) is 19.1 Å². The van der Waals surface area contributed by atoms with Crippen LogP contribution >= 0.6 is 0 Å². The zero-order chi connectivity index (χ0) is 16.0. The summed E-state index contributed by atoms with van der Waals surface area (Å²) in [5.41, 5.74) is 0.0981. The van der Waals surface area contributed by atoms with Gasteiger partial charge in [-0.05, 0) is 30.7 Å². The Balaban J connectivity index is 2.72. The van der Waals surface area contributed by atoms with Gasteiger partial charge in [-0.15, -0.1) is 0 Å². The van der Waals surface area contributed by atoms with Crippen LogP contribution in [0.25, 0.3) is 0 Å². The van der Waals surface area contributed by atoms with Crippen molar-refractivity contribution in [3.63, 3.8) is 0 Å². The number of amides is 1. The molecule has 1 unspecified atom stereocenters. The van der Waals surface area contributed by atoms with Crippen molar-refractivity contribution in [1.82, 2.24) is 5.32 Å². The Morgan fingerprint density at radius 1 is 1.29 bits per heavy atom. The molecule has 1 aromatic carbocycles. The van der Waals surface area contributed by atoms with Crippen molar-refractivity contribution in [1.29, 1.82) is 0 Å². The molecule has 6 nitrogen and oxygen atoms in total. The summed E-state index contributed by atoms with van der Waals surface area (Å²) < 4.78 is 35.5. The number of rotatable bonds is 7. The van der Waals surface area contributed by atoms with Crippen LogP contribution in [0.2, 0.25) is 0 Å². The lowest BCUT2D eigenvalue weighted by Gasteiger charge is -2.14. The van der Waals surface area contributed by atoms with Crippen molar-refractivity contribution in [2.24, 2.45) is 0 Å². The summed E-state index contributed by atoms with van der Waals surface area (Å²) in [6.07, 6.45) is -0.224. The molecule has 116 valence electrons. The van der Waals surface area contributed by atoms with Gasteiger partial charge >= 0.3 is 5.97 Å². The van der Waals surface area contributed by atoms with Gasteiger partial charge in [-0.1, -0.05) is 6.92 Å². The normalized spacial score (nSPS) is 12.7. The summed E-state index contributed by atoms with van der Waals surface area (Å²) in [5, 5.41) is 11.2. The van der Waals surface area contributed by atoms with E-state index in [1.54, 1.807) is 0 Å². The van der Waals surface area contributed by atoms with Gasteiger partial charge in [0.2, 0.25) is 0 Å². The highest BCUT2D eigenvalue weighted by atomic mass is 32.2. The monoisotopic (exact) mass is 317 g/mol. The molecule has 0 aliphatic heterocycles. The number of carbonyl (C=O) groups is 2. The van der Waals surface area contributed by atoms with Crippen LogP contribution in [0, 0.1) is 5.82 Å². The standard InChI is InChI=1S/C13H16FNO5S/c1-2-21(19,20)8-7-11(13(17)18)15-12(16)9-3-5-10(14)6-4-9/h3-6,11H,2,7-8H2,1H3,(H,15,16)(H,17,18). The summed E-state index contributed by atoms with van der Waals surface area (Å²) >= 11 is 0. The van der Waals surface area contributed by atoms with Gasteiger partial charge in [0.15, 0.2) is 0 Å². The fourth-order valence-corrected chi connectivity index (χ4v) is 2.43. The zero-order valence-electron chi connectivity index (χ0n) is 11.4. The van der Waals surface area contributed by atoms with Crippen LogP contribution < -0.4 is 5.32 Å². The van der Waals surface area contributed by atoms with Crippen molar-refractivity contribution >= 4 is 21.7 Å². The fraction of sp³-hybridized carbons (Fsp3) is 0.385. The highest BCUT2D eigenvalue weighted by molar-refractivity contribution is 7.91. The molecule has 0 spiro atoms. The van der Waals surface area contributed by atoms with E-state index < -0.39 is 33.6 Å². The van der Waals surface area contributed by atoms with Gasteiger partial charge in [-0.2, -0.15) is 0 Å². The molecule has 0 saturated carbocycles. The fourth-order valence-electron chi connectivity index (χ4n) is 1.54. The second-order valence-electron chi connectivity index (χ2n) is 4.40. The van der Waals surface area contributed by atoms with E-state index in [1.807, 2.05) is 0 Å². The van der Waals surface area contributed by atoms with Gasteiger partial charge < -0.3 is 10.4 Å².